The molecule has 4 aromatic rings. The lowest BCUT2D eigenvalue weighted by Gasteiger charge is -2.30. The maximum atomic E-state index is 14.0. The third-order valence-electron chi connectivity index (χ3n) is 9.66. The van der Waals surface area contributed by atoms with Gasteiger partial charge in [-0.05, 0) is 62.1 Å². The summed E-state index contributed by atoms with van der Waals surface area (Å²) in [6.45, 7) is 5.89. The Labute approximate surface area is 284 Å². The zero-order chi connectivity index (χ0) is 35.3. The van der Waals surface area contributed by atoms with E-state index in [2.05, 4.69) is 10.6 Å². The minimum absolute atomic E-state index is 0.0338. The molecule has 0 saturated carbocycles. The molecule has 3 heterocycles. The highest BCUT2D eigenvalue weighted by atomic mass is 32.2. The quantitative estimate of drug-likeness (QED) is 0.210. The van der Waals surface area contributed by atoms with Crippen LogP contribution in [0, 0.1) is 0 Å². The molecule has 0 spiro atoms. The largest absolute Gasteiger partial charge is 0.493 e. The minimum atomic E-state index is -4.50. The lowest BCUT2D eigenvalue weighted by atomic mass is 9.97. The highest BCUT2D eigenvalue weighted by Gasteiger charge is 2.42. The number of hydrogen-bond acceptors (Lipinski definition) is 6. The van der Waals surface area contributed by atoms with Crippen molar-refractivity contribution >= 4 is 32.5 Å². The predicted octanol–water partition coefficient (Wildman–Crippen LogP) is 5.60. The summed E-state index contributed by atoms with van der Waals surface area (Å²) in [5, 5.41) is 18.6. The standard InChI is InChI=1S/C36H41F3N4O5S/c1-5-23-20-43-21-35(2,3)49(46,47)42(4)30-17-24(16-27(23)33(30)43)34(45)41-29(15-22-9-7-6-8-10-22)31(44)19-40-28-13-14-48-32-18-25(36(37,38)39)11-12-26(28)32/h6-12,16-18,20,28-29,31,40,44H,5,13-15,19,21H2,1-4H3,(H,41,45)/t28-,29-,31+/m0/s1. The molecule has 6 rings (SSSR count). The van der Waals surface area contributed by atoms with E-state index >= 15 is 0 Å². The molecule has 49 heavy (non-hydrogen) atoms. The molecule has 1 amide bonds. The molecule has 262 valence electrons. The van der Waals surface area contributed by atoms with E-state index in [0.717, 1.165) is 34.2 Å². The molecule has 9 nitrogen and oxygen atoms in total. The van der Waals surface area contributed by atoms with Crippen LogP contribution in [0.3, 0.4) is 0 Å². The molecule has 0 radical (unpaired) electrons. The van der Waals surface area contributed by atoms with Crippen molar-refractivity contribution < 1.29 is 36.2 Å². The number of benzene rings is 3. The fraction of sp³-hybridized carbons (Fsp3) is 0.417. The Balaban J connectivity index is 1.28. The molecule has 1 aromatic heterocycles. The Morgan fingerprint density at radius 3 is 2.55 bits per heavy atom. The summed E-state index contributed by atoms with van der Waals surface area (Å²) in [6.07, 6.45) is -2.18. The number of ether oxygens (including phenoxy) is 1. The SMILES string of the molecule is CCc1cn2c3c(cc(C(=O)N[C@@H](Cc4ccccc4)[C@H](O)CN[C@H]4CCOc5cc(C(F)(F)F)ccc54)cc13)N(C)S(=O)(=O)C(C)(C)C2. The highest BCUT2D eigenvalue weighted by molar-refractivity contribution is 7.94. The molecular formula is C36H41F3N4O5S. The Bertz CT molecular complexity index is 1980. The van der Waals surface area contributed by atoms with Crippen LogP contribution < -0.4 is 19.7 Å². The van der Waals surface area contributed by atoms with Gasteiger partial charge in [-0.2, -0.15) is 13.2 Å². The van der Waals surface area contributed by atoms with Gasteiger partial charge >= 0.3 is 6.18 Å². The van der Waals surface area contributed by atoms with Crippen molar-refractivity contribution in [2.45, 2.75) is 75.7 Å². The number of aromatic nitrogens is 1. The van der Waals surface area contributed by atoms with E-state index < -0.39 is 44.6 Å². The van der Waals surface area contributed by atoms with Gasteiger partial charge in [0.25, 0.3) is 5.91 Å². The molecule has 0 saturated heterocycles. The van der Waals surface area contributed by atoms with Crippen LogP contribution in [0.4, 0.5) is 18.9 Å². The Kier molecular flexibility index (Phi) is 9.22. The van der Waals surface area contributed by atoms with Crippen LogP contribution >= 0.6 is 0 Å². The second kappa shape index (κ2) is 13.0. The lowest BCUT2D eigenvalue weighted by Crippen LogP contribution is -2.49. The molecular weight excluding hydrogens is 657 g/mol. The number of carbonyl (C=O) groups excluding carboxylic acids is 1. The van der Waals surface area contributed by atoms with Crippen molar-refractivity contribution in [2.24, 2.45) is 0 Å². The van der Waals surface area contributed by atoms with Gasteiger partial charge < -0.3 is 25.0 Å². The molecule has 3 aromatic carbocycles. The van der Waals surface area contributed by atoms with Crippen LogP contribution in [0.5, 0.6) is 5.75 Å². The summed E-state index contributed by atoms with van der Waals surface area (Å²) in [6, 6.07) is 15.0. The number of amides is 1. The molecule has 0 unspecified atom stereocenters. The van der Waals surface area contributed by atoms with Gasteiger partial charge in [0, 0.05) is 55.3 Å². The fourth-order valence-electron chi connectivity index (χ4n) is 6.84. The normalized spacial score (nSPS) is 19.4. The van der Waals surface area contributed by atoms with Gasteiger partial charge in [-0.1, -0.05) is 43.3 Å². The molecule has 13 heteroatoms. The van der Waals surface area contributed by atoms with Gasteiger partial charge in [0.05, 0.1) is 35.5 Å². The maximum Gasteiger partial charge on any atom is 0.416 e. The number of anilines is 1. The van der Waals surface area contributed by atoms with Crippen molar-refractivity contribution in [3.05, 3.63) is 94.7 Å². The van der Waals surface area contributed by atoms with E-state index in [4.69, 9.17) is 4.74 Å². The average Bonchev–Trinajstić information content (AvgIpc) is 3.39. The number of nitrogens with zero attached hydrogens (tertiary/aromatic N) is 2. The van der Waals surface area contributed by atoms with Crippen molar-refractivity contribution in [3.8, 4) is 5.75 Å². The monoisotopic (exact) mass is 698 g/mol. The summed E-state index contributed by atoms with van der Waals surface area (Å²) in [5.41, 5.74) is 3.04. The van der Waals surface area contributed by atoms with E-state index in [-0.39, 0.29) is 37.1 Å². The van der Waals surface area contributed by atoms with Gasteiger partial charge in [0.2, 0.25) is 10.0 Å². The second-order valence-electron chi connectivity index (χ2n) is 13.4. The number of alkyl halides is 3. The minimum Gasteiger partial charge on any atom is -0.493 e. The molecule has 0 aliphatic carbocycles. The van der Waals surface area contributed by atoms with E-state index in [0.29, 0.717) is 30.5 Å². The van der Waals surface area contributed by atoms with Gasteiger partial charge in [-0.3, -0.25) is 9.10 Å². The van der Waals surface area contributed by atoms with E-state index in [1.54, 1.807) is 26.0 Å². The van der Waals surface area contributed by atoms with Gasteiger partial charge in [0.1, 0.15) is 10.5 Å². The lowest BCUT2D eigenvalue weighted by molar-refractivity contribution is -0.137. The zero-order valence-electron chi connectivity index (χ0n) is 27.8. The smallest absolute Gasteiger partial charge is 0.416 e. The number of hydrogen-bond donors (Lipinski definition) is 3. The average molecular weight is 699 g/mol. The number of aryl methyl sites for hydroxylation is 1. The maximum absolute atomic E-state index is 14.0. The number of aliphatic hydroxyl groups excluding tert-OH is 1. The van der Waals surface area contributed by atoms with Gasteiger partial charge in [-0.15, -0.1) is 0 Å². The van der Waals surface area contributed by atoms with Crippen LogP contribution in [0.1, 0.15) is 65.8 Å². The van der Waals surface area contributed by atoms with E-state index in [1.165, 1.54) is 17.4 Å². The number of nitrogens with one attached hydrogen (secondary N) is 2. The number of carbonyl (C=O) groups is 1. The topological polar surface area (TPSA) is 113 Å². The summed E-state index contributed by atoms with van der Waals surface area (Å²) in [4.78, 5) is 14.0. The van der Waals surface area contributed by atoms with Crippen molar-refractivity contribution in [1.82, 2.24) is 15.2 Å². The Morgan fingerprint density at radius 2 is 1.86 bits per heavy atom. The van der Waals surface area contributed by atoms with Crippen LogP contribution in [-0.4, -0.2) is 61.1 Å². The number of halogens is 3. The molecule has 3 atom stereocenters. The van der Waals surface area contributed by atoms with Crippen LogP contribution in [-0.2, 0) is 35.6 Å². The summed E-state index contributed by atoms with van der Waals surface area (Å²) in [5.74, 6) is -0.327. The van der Waals surface area contributed by atoms with Crippen molar-refractivity contribution in [2.75, 3.05) is 24.5 Å². The molecule has 3 N–H and O–H groups in total. The van der Waals surface area contributed by atoms with Crippen LogP contribution in [0.25, 0.3) is 10.9 Å². The zero-order valence-corrected chi connectivity index (χ0v) is 28.7. The number of aliphatic hydroxyl groups is 1. The first kappa shape index (κ1) is 34.8. The van der Waals surface area contributed by atoms with Gasteiger partial charge in [0.15, 0.2) is 0 Å². The molecule has 0 bridgehead atoms. The number of fused-ring (bicyclic) bond motifs is 1. The Hall–Kier alpha value is -4.07. The highest BCUT2D eigenvalue weighted by Crippen LogP contribution is 2.41. The van der Waals surface area contributed by atoms with Crippen molar-refractivity contribution in [3.63, 3.8) is 0 Å². The van der Waals surface area contributed by atoms with Crippen LogP contribution in [0.2, 0.25) is 0 Å². The number of rotatable bonds is 9. The molecule has 2 aliphatic heterocycles. The first-order chi connectivity index (χ1) is 23.1. The molecule has 2 aliphatic rings. The van der Waals surface area contributed by atoms with Crippen LogP contribution in [0.15, 0.2) is 66.9 Å². The first-order valence-electron chi connectivity index (χ1n) is 16.3. The summed E-state index contributed by atoms with van der Waals surface area (Å²) < 4.78 is 74.8. The van der Waals surface area contributed by atoms with E-state index in [9.17, 15) is 31.5 Å². The Morgan fingerprint density at radius 1 is 1.12 bits per heavy atom. The third kappa shape index (κ3) is 6.63. The predicted molar refractivity (Wildman–Crippen MR) is 182 cm³/mol. The molecule has 0 fully saturated rings. The van der Waals surface area contributed by atoms with E-state index in [1.807, 2.05) is 48.0 Å². The third-order valence-corrected chi connectivity index (χ3v) is 12.1. The van der Waals surface area contributed by atoms with Gasteiger partial charge in [-0.25, -0.2) is 8.42 Å². The van der Waals surface area contributed by atoms with Crippen molar-refractivity contribution in [1.29, 1.82) is 0 Å². The summed E-state index contributed by atoms with van der Waals surface area (Å²) >= 11 is 0. The summed E-state index contributed by atoms with van der Waals surface area (Å²) in [7, 11) is -2.27. The second-order valence-corrected chi connectivity index (χ2v) is 16.0. The fourth-order valence-corrected chi connectivity index (χ4v) is 8.29. The number of sulfonamides is 1. The first-order valence-corrected chi connectivity index (χ1v) is 17.8.